The third kappa shape index (κ3) is 4.41. The van der Waals surface area contributed by atoms with Gasteiger partial charge in [0.2, 0.25) is 0 Å². The van der Waals surface area contributed by atoms with Gasteiger partial charge in [-0.2, -0.15) is 0 Å². The average Bonchev–Trinajstić information content (AvgIpc) is 3.51. The zero-order chi connectivity index (χ0) is 26.1. The van der Waals surface area contributed by atoms with Crippen molar-refractivity contribution < 1.29 is 14.0 Å². The van der Waals surface area contributed by atoms with Crippen molar-refractivity contribution in [1.82, 2.24) is 14.8 Å². The van der Waals surface area contributed by atoms with Crippen LogP contribution in [0.3, 0.4) is 0 Å². The van der Waals surface area contributed by atoms with Crippen LogP contribution < -0.4 is 5.32 Å². The molecule has 0 spiro atoms. The Balaban J connectivity index is 1.49. The van der Waals surface area contributed by atoms with Gasteiger partial charge < -0.3 is 19.2 Å². The van der Waals surface area contributed by atoms with Crippen LogP contribution in [-0.2, 0) is 23.4 Å². The van der Waals surface area contributed by atoms with E-state index in [2.05, 4.69) is 5.32 Å². The van der Waals surface area contributed by atoms with E-state index in [0.717, 1.165) is 42.3 Å². The summed E-state index contributed by atoms with van der Waals surface area (Å²) >= 11 is 6.16. The van der Waals surface area contributed by atoms with Crippen LogP contribution >= 0.6 is 11.6 Å². The molecule has 3 heterocycles. The molecule has 38 heavy (non-hydrogen) atoms. The van der Waals surface area contributed by atoms with Crippen molar-refractivity contribution in [2.45, 2.75) is 69.6 Å². The largest absolute Gasteiger partial charge is 0.463 e. The standard InChI is InChI=1S/C31H32ClN3O3/c32-24-15-13-22(14-16-24)20-35-29(36)27-19-28-26(17-18-38-28)34(27)21-31(35,23-9-5-4-6-10-23)30(37)33-25-11-7-2-1-3-8-12-25/h4-6,9-10,13-19,25H,1-3,7-8,11-12,20-21H2,(H,33,37). The van der Waals surface area contributed by atoms with Gasteiger partial charge in [0, 0.05) is 29.7 Å². The lowest BCUT2D eigenvalue weighted by molar-refractivity contribution is -0.136. The summed E-state index contributed by atoms with van der Waals surface area (Å²) in [5.41, 5.74) is 2.45. The molecule has 0 bridgehead atoms. The smallest absolute Gasteiger partial charge is 0.272 e. The number of aromatic nitrogens is 1. The van der Waals surface area contributed by atoms with Crippen LogP contribution in [0.25, 0.3) is 11.1 Å². The van der Waals surface area contributed by atoms with Crippen LogP contribution in [0, 0.1) is 0 Å². The lowest BCUT2D eigenvalue weighted by Gasteiger charge is -2.47. The zero-order valence-electron chi connectivity index (χ0n) is 21.4. The topological polar surface area (TPSA) is 67.5 Å². The van der Waals surface area contributed by atoms with Gasteiger partial charge >= 0.3 is 0 Å². The summed E-state index contributed by atoms with van der Waals surface area (Å²) in [5.74, 6) is -0.332. The molecule has 2 aromatic carbocycles. The van der Waals surface area contributed by atoms with Crippen molar-refractivity contribution >= 4 is 34.5 Å². The molecule has 2 aliphatic rings. The van der Waals surface area contributed by atoms with Gasteiger partial charge in [-0.15, -0.1) is 0 Å². The highest BCUT2D eigenvalue weighted by Gasteiger charge is 2.53. The number of benzene rings is 2. The third-order valence-corrected chi connectivity index (χ3v) is 8.41. The highest BCUT2D eigenvalue weighted by Crippen LogP contribution is 2.40. The molecule has 1 fully saturated rings. The third-order valence-electron chi connectivity index (χ3n) is 8.16. The Bertz CT molecular complexity index is 1430. The number of hydrogen-bond acceptors (Lipinski definition) is 3. The molecule has 6 nitrogen and oxygen atoms in total. The van der Waals surface area contributed by atoms with Gasteiger partial charge in [-0.25, -0.2) is 0 Å². The number of fused-ring (bicyclic) bond motifs is 3. The van der Waals surface area contributed by atoms with Crippen molar-refractivity contribution in [2.75, 3.05) is 0 Å². The average molecular weight is 530 g/mol. The first-order chi connectivity index (χ1) is 18.6. The van der Waals surface area contributed by atoms with E-state index in [1.54, 1.807) is 17.2 Å². The first kappa shape index (κ1) is 24.8. The molecule has 0 saturated heterocycles. The van der Waals surface area contributed by atoms with Gasteiger partial charge in [0.15, 0.2) is 11.1 Å². The second-order valence-corrected chi connectivity index (χ2v) is 11.0. The van der Waals surface area contributed by atoms with E-state index in [9.17, 15) is 9.59 Å². The maximum Gasteiger partial charge on any atom is 0.272 e. The highest BCUT2D eigenvalue weighted by molar-refractivity contribution is 6.30. The summed E-state index contributed by atoms with van der Waals surface area (Å²) in [7, 11) is 0. The van der Waals surface area contributed by atoms with E-state index in [4.69, 9.17) is 16.0 Å². The Kier molecular flexibility index (Phi) is 6.75. The van der Waals surface area contributed by atoms with E-state index in [0.29, 0.717) is 22.8 Å². The SMILES string of the molecule is O=C1c2cc3occc3n2CC(C(=O)NC2CCCCCCC2)(c2ccccc2)N1Cc1ccc(Cl)cc1. The molecule has 196 valence electrons. The van der Waals surface area contributed by atoms with E-state index < -0.39 is 5.54 Å². The molecule has 7 heteroatoms. The number of nitrogens with zero attached hydrogens (tertiary/aromatic N) is 2. The molecule has 4 aromatic rings. The molecule has 1 atom stereocenters. The number of halogens is 1. The first-order valence-electron chi connectivity index (χ1n) is 13.6. The molecule has 0 radical (unpaired) electrons. The Morgan fingerprint density at radius 1 is 0.974 bits per heavy atom. The van der Waals surface area contributed by atoms with Gasteiger partial charge in [0.25, 0.3) is 11.8 Å². The molecule has 2 amide bonds. The summed E-state index contributed by atoms with van der Waals surface area (Å²) in [5, 5.41) is 4.04. The van der Waals surface area contributed by atoms with Crippen molar-refractivity contribution in [2.24, 2.45) is 0 Å². The predicted octanol–water partition coefficient (Wildman–Crippen LogP) is 6.67. The predicted molar refractivity (Wildman–Crippen MR) is 148 cm³/mol. The summed E-state index contributed by atoms with van der Waals surface area (Å²) in [6, 6.07) is 20.9. The Labute approximate surface area is 227 Å². The summed E-state index contributed by atoms with van der Waals surface area (Å²) in [4.78, 5) is 30.7. The second-order valence-electron chi connectivity index (χ2n) is 10.5. The van der Waals surface area contributed by atoms with E-state index >= 15 is 0 Å². The number of carbonyl (C=O) groups excluding carboxylic acids is 2. The minimum atomic E-state index is -1.24. The molecular weight excluding hydrogens is 498 g/mol. The molecule has 6 rings (SSSR count). The van der Waals surface area contributed by atoms with Gasteiger partial charge in [-0.1, -0.05) is 86.2 Å². The summed E-state index contributed by atoms with van der Waals surface area (Å²) < 4.78 is 7.61. The fraction of sp³-hybridized carbons (Fsp3) is 0.355. The normalized spacial score (nSPS) is 20.7. The van der Waals surface area contributed by atoms with E-state index in [1.807, 2.05) is 65.2 Å². The number of hydrogen-bond donors (Lipinski definition) is 1. The van der Waals surface area contributed by atoms with Crippen LogP contribution in [0.2, 0.25) is 5.02 Å². The van der Waals surface area contributed by atoms with Crippen molar-refractivity contribution in [3.63, 3.8) is 0 Å². The number of furan rings is 1. The number of carbonyl (C=O) groups is 2. The van der Waals surface area contributed by atoms with Crippen LogP contribution in [0.5, 0.6) is 0 Å². The van der Waals surface area contributed by atoms with E-state index in [-0.39, 0.29) is 24.4 Å². The maximum atomic E-state index is 14.6. The second kappa shape index (κ2) is 10.3. The van der Waals surface area contributed by atoms with Gasteiger partial charge in [-0.05, 0) is 36.1 Å². The maximum absolute atomic E-state index is 14.6. The molecule has 1 saturated carbocycles. The Hall–Kier alpha value is -3.51. The Morgan fingerprint density at radius 2 is 1.68 bits per heavy atom. The summed E-state index contributed by atoms with van der Waals surface area (Å²) in [6.45, 7) is 0.572. The molecule has 1 aliphatic heterocycles. The Morgan fingerprint density at radius 3 is 2.42 bits per heavy atom. The van der Waals surface area contributed by atoms with Gasteiger partial charge in [-0.3, -0.25) is 9.59 Å². The number of nitrogens with one attached hydrogen (secondary N) is 1. The number of rotatable bonds is 5. The fourth-order valence-corrected chi connectivity index (χ4v) is 6.25. The summed E-state index contributed by atoms with van der Waals surface area (Å²) in [6.07, 6.45) is 9.41. The lowest BCUT2D eigenvalue weighted by Crippen LogP contribution is -2.64. The highest BCUT2D eigenvalue weighted by atomic mass is 35.5. The van der Waals surface area contributed by atoms with Crippen molar-refractivity contribution in [3.8, 4) is 0 Å². The van der Waals surface area contributed by atoms with Crippen LogP contribution in [-0.4, -0.2) is 27.3 Å². The van der Waals surface area contributed by atoms with Gasteiger partial charge in [0.05, 0.1) is 18.3 Å². The molecule has 2 aromatic heterocycles. The molecular formula is C31H32ClN3O3. The monoisotopic (exact) mass is 529 g/mol. The minimum Gasteiger partial charge on any atom is -0.463 e. The molecule has 1 N–H and O–H groups in total. The zero-order valence-corrected chi connectivity index (χ0v) is 22.1. The van der Waals surface area contributed by atoms with Crippen LogP contribution in [0.4, 0.5) is 0 Å². The molecule has 1 unspecified atom stereocenters. The van der Waals surface area contributed by atoms with Crippen LogP contribution in [0.15, 0.2) is 77.4 Å². The van der Waals surface area contributed by atoms with Crippen LogP contribution in [0.1, 0.15) is 66.6 Å². The lowest BCUT2D eigenvalue weighted by atomic mass is 9.83. The molecule has 1 aliphatic carbocycles. The van der Waals surface area contributed by atoms with Crippen molar-refractivity contribution in [1.29, 1.82) is 0 Å². The fourth-order valence-electron chi connectivity index (χ4n) is 6.12. The van der Waals surface area contributed by atoms with Gasteiger partial charge in [0.1, 0.15) is 5.69 Å². The minimum absolute atomic E-state index is 0.0934. The van der Waals surface area contributed by atoms with Crippen molar-refractivity contribution in [3.05, 3.63) is 94.8 Å². The number of amides is 2. The van der Waals surface area contributed by atoms with E-state index in [1.165, 1.54) is 19.3 Å². The first-order valence-corrected chi connectivity index (χ1v) is 13.9. The quantitative estimate of drug-likeness (QED) is 0.314.